The van der Waals surface area contributed by atoms with Crippen molar-refractivity contribution < 1.29 is 0 Å². The number of halogens is 4. The molecular formula is C21H15Cl4N3. The molecule has 3 nitrogen and oxygen atoms in total. The van der Waals surface area contributed by atoms with Gasteiger partial charge in [0.1, 0.15) is 0 Å². The summed E-state index contributed by atoms with van der Waals surface area (Å²) in [6.45, 7) is 0. The first kappa shape index (κ1) is 19.4. The van der Waals surface area contributed by atoms with Gasteiger partial charge < -0.3 is 9.80 Å². The van der Waals surface area contributed by atoms with Crippen LogP contribution < -0.4 is 9.80 Å². The Kier molecular flexibility index (Phi) is 4.96. The maximum absolute atomic E-state index is 8.74. The van der Waals surface area contributed by atoms with Gasteiger partial charge in [0.25, 0.3) is 0 Å². The zero-order valence-electron chi connectivity index (χ0n) is 15.0. The summed E-state index contributed by atoms with van der Waals surface area (Å²) >= 11 is 25.1. The number of benzene rings is 3. The highest BCUT2D eigenvalue weighted by Gasteiger charge is 2.23. The van der Waals surface area contributed by atoms with Gasteiger partial charge in [-0.05, 0) is 28.6 Å². The summed E-state index contributed by atoms with van der Waals surface area (Å²) < 4.78 is 0. The van der Waals surface area contributed by atoms with E-state index < -0.39 is 0 Å². The van der Waals surface area contributed by atoms with E-state index in [0.29, 0.717) is 5.69 Å². The summed E-state index contributed by atoms with van der Waals surface area (Å²) in [5.41, 5.74) is 3.65. The van der Waals surface area contributed by atoms with Gasteiger partial charge in [-0.25, -0.2) is 0 Å². The Morgan fingerprint density at radius 1 is 0.821 bits per heavy atom. The normalized spacial score (nSPS) is 11.9. The maximum atomic E-state index is 8.74. The SMILES string of the molecule is CN(C(=N)N(C)c1ccc2c3c(cccc13)C=C2)c1c(Cl)c(Cl)cc(Cl)c1Cl. The van der Waals surface area contributed by atoms with E-state index in [1.165, 1.54) is 22.6 Å². The van der Waals surface area contributed by atoms with E-state index in [-0.39, 0.29) is 26.1 Å². The lowest BCUT2D eigenvalue weighted by atomic mass is 10.0. The summed E-state index contributed by atoms with van der Waals surface area (Å²) in [6.07, 6.45) is 4.21. The number of hydrogen-bond acceptors (Lipinski definition) is 1. The Bertz CT molecular complexity index is 1130. The average molecular weight is 451 g/mol. The highest BCUT2D eigenvalue weighted by molar-refractivity contribution is 6.50. The van der Waals surface area contributed by atoms with Crippen molar-refractivity contribution in [3.05, 3.63) is 67.6 Å². The van der Waals surface area contributed by atoms with E-state index in [1.54, 1.807) is 16.8 Å². The minimum Gasteiger partial charge on any atom is -0.315 e. The summed E-state index contributed by atoms with van der Waals surface area (Å²) in [6, 6.07) is 11.7. The van der Waals surface area contributed by atoms with Crippen LogP contribution in [0.3, 0.4) is 0 Å². The number of hydrogen-bond donors (Lipinski definition) is 1. The molecule has 0 aliphatic heterocycles. The van der Waals surface area contributed by atoms with Crippen molar-refractivity contribution in [2.75, 3.05) is 23.9 Å². The minimum atomic E-state index is 0.175. The van der Waals surface area contributed by atoms with Crippen LogP contribution in [0.2, 0.25) is 20.1 Å². The quantitative estimate of drug-likeness (QED) is 0.195. The first-order valence-electron chi connectivity index (χ1n) is 8.44. The van der Waals surface area contributed by atoms with Crippen LogP contribution in [-0.2, 0) is 0 Å². The van der Waals surface area contributed by atoms with Gasteiger partial charge in [0.2, 0.25) is 5.96 Å². The number of guanidine groups is 1. The summed E-state index contributed by atoms with van der Waals surface area (Å²) in [7, 11) is 3.54. The molecular weight excluding hydrogens is 436 g/mol. The monoisotopic (exact) mass is 449 g/mol. The molecule has 0 saturated carbocycles. The van der Waals surface area contributed by atoms with Crippen molar-refractivity contribution in [2.45, 2.75) is 0 Å². The Hall–Kier alpha value is -1.91. The van der Waals surface area contributed by atoms with E-state index in [4.69, 9.17) is 51.8 Å². The van der Waals surface area contributed by atoms with Crippen molar-refractivity contribution in [1.82, 2.24) is 0 Å². The van der Waals surface area contributed by atoms with Gasteiger partial charge in [0.05, 0.1) is 31.5 Å². The molecule has 4 rings (SSSR count). The van der Waals surface area contributed by atoms with E-state index in [1.807, 2.05) is 19.2 Å². The molecule has 0 amide bonds. The second-order valence-corrected chi connectivity index (χ2v) is 8.11. The molecule has 7 heteroatoms. The van der Waals surface area contributed by atoms with Crippen LogP contribution in [0.15, 0.2) is 36.4 Å². The molecule has 142 valence electrons. The fourth-order valence-electron chi connectivity index (χ4n) is 3.50. The third kappa shape index (κ3) is 2.94. The molecule has 0 unspecified atom stereocenters. The summed E-state index contributed by atoms with van der Waals surface area (Å²) in [5, 5.41) is 12.1. The second-order valence-electron chi connectivity index (χ2n) is 6.54. The molecule has 0 aromatic heterocycles. The molecule has 0 spiro atoms. The molecule has 0 fully saturated rings. The lowest BCUT2D eigenvalue weighted by Gasteiger charge is -2.30. The van der Waals surface area contributed by atoms with Crippen LogP contribution in [0.4, 0.5) is 11.4 Å². The van der Waals surface area contributed by atoms with Gasteiger partial charge in [-0.15, -0.1) is 0 Å². The van der Waals surface area contributed by atoms with E-state index in [2.05, 4.69) is 30.4 Å². The summed E-state index contributed by atoms with van der Waals surface area (Å²) in [5.74, 6) is 0.175. The first-order chi connectivity index (χ1) is 13.3. The number of nitrogens with one attached hydrogen (secondary N) is 1. The van der Waals surface area contributed by atoms with Gasteiger partial charge in [0, 0.05) is 19.5 Å². The fraction of sp³-hybridized carbons (Fsp3) is 0.0952. The van der Waals surface area contributed by atoms with Crippen LogP contribution >= 0.6 is 46.4 Å². The fourth-order valence-corrected chi connectivity index (χ4v) is 4.55. The zero-order valence-corrected chi connectivity index (χ0v) is 18.0. The maximum Gasteiger partial charge on any atom is 0.202 e. The standard InChI is InChI=1S/C21H15Cl4N3/c1-27(16-9-8-12-7-6-11-4-3-5-13(16)17(11)12)21(26)28(2)20-18(24)14(22)10-15(23)19(20)25/h3-10,26H,1-2H3. The molecule has 3 aromatic rings. The van der Waals surface area contributed by atoms with Crippen molar-refractivity contribution in [1.29, 1.82) is 5.41 Å². The molecule has 0 heterocycles. The molecule has 1 aliphatic rings. The summed E-state index contributed by atoms with van der Waals surface area (Å²) in [4.78, 5) is 3.35. The molecule has 1 N–H and O–H groups in total. The van der Waals surface area contributed by atoms with Crippen LogP contribution in [0.1, 0.15) is 11.1 Å². The molecule has 3 aromatic carbocycles. The van der Waals surface area contributed by atoms with Crippen LogP contribution in [0.25, 0.3) is 22.9 Å². The average Bonchev–Trinajstić information content (AvgIpc) is 3.11. The lowest BCUT2D eigenvalue weighted by Crippen LogP contribution is -2.40. The van der Waals surface area contributed by atoms with Gasteiger partial charge >= 0.3 is 0 Å². The topological polar surface area (TPSA) is 30.3 Å². The highest BCUT2D eigenvalue weighted by atomic mass is 35.5. The second kappa shape index (κ2) is 7.16. The predicted molar refractivity (Wildman–Crippen MR) is 124 cm³/mol. The molecule has 0 radical (unpaired) electrons. The van der Waals surface area contributed by atoms with Crippen molar-refractivity contribution in [3.63, 3.8) is 0 Å². The highest BCUT2D eigenvalue weighted by Crippen LogP contribution is 2.43. The number of anilines is 2. The first-order valence-corrected chi connectivity index (χ1v) is 9.95. The largest absolute Gasteiger partial charge is 0.315 e. The van der Waals surface area contributed by atoms with E-state index in [9.17, 15) is 0 Å². The molecule has 0 atom stereocenters. The minimum absolute atomic E-state index is 0.175. The predicted octanol–water partition coefficient (Wildman–Crippen LogP) is 7.44. The number of nitrogens with zero attached hydrogens (tertiary/aromatic N) is 2. The van der Waals surface area contributed by atoms with E-state index in [0.717, 1.165) is 11.1 Å². The Morgan fingerprint density at radius 2 is 1.43 bits per heavy atom. The molecule has 28 heavy (non-hydrogen) atoms. The van der Waals surface area contributed by atoms with Crippen molar-refractivity contribution in [3.8, 4) is 0 Å². The number of rotatable bonds is 2. The molecule has 1 aliphatic carbocycles. The molecule has 0 bridgehead atoms. The lowest BCUT2D eigenvalue weighted by molar-refractivity contribution is 1.12. The zero-order chi connectivity index (χ0) is 20.2. The van der Waals surface area contributed by atoms with Crippen molar-refractivity contribution in [2.24, 2.45) is 0 Å². The Morgan fingerprint density at radius 3 is 2.07 bits per heavy atom. The van der Waals surface area contributed by atoms with Gasteiger partial charge in [-0.2, -0.15) is 0 Å². The van der Waals surface area contributed by atoms with Gasteiger partial charge in [-0.1, -0.05) is 82.8 Å². The van der Waals surface area contributed by atoms with Crippen LogP contribution in [-0.4, -0.2) is 20.1 Å². The van der Waals surface area contributed by atoms with E-state index >= 15 is 0 Å². The van der Waals surface area contributed by atoms with Crippen LogP contribution in [0.5, 0.6) is 0 Å². The van der Waals surface area contributed by atoms with Crippen LogP contribution in [0, 0.1) is 5.41 Å². The third-order valence-electron chi connectivity index (χ3n) is 4.95. The van der Waals surface area contributed by atoms with Gasteiger partial charge in [0.15, 0.2) is 0 Å². The van der Waals surface area contributed by atoms with Crippen molar-refractivity contribution >= 4 is 86.7 Å². The Balaban J connectivity index is 1.78. The Labute approximate surface area is 183 Å². The molecule has 0 saturated heterocycles. The third-order valence-corrected chi connectivity index (χ3v) is 6.50. The van der Waals surface area contributed by atoms with Gasteiger partial charge in [-0.3, -0.25) is 5.41 Å². The smallest absolute Gasteiger partial charge is 0.202 e.